The molecule has 0 fully saturated rings. The average molecular weight is 518 g/mol. The fourth-order valence-corrected chi connectivity index (χ4v) is 3.96. The van der Waals surface area contributed by atoms with Gasteiger partial charge in [-0.3, -0.25) is 19.3 Å². The second kappa shape index (κ2) is 11.5. The first-order chi connectivity index (χ1) is 17.9. The lowest BCUT2D eigenvalue weighted by Gasteiger charge is -2.15. The zero-order chi connectivity index (χ0) is 26.4. The summed E-state index contributed by atoms with van der Waals surface area (Å²) in [6, 6.07) is 22.3. The molecule has 3 aromatic carbocycles. The molecule has 3 aromatic rings. The molecule has 37 heavy (non-hydrogen) atoms. The molecule has 0 aliphatic carbocycles. The van der Waals surface area contributed by atoms with Crippen LogP contribution in [0.5, 0.6) is 0 Å². The monoisotopic (exact) mass is 517 g/mol. The van der Waals surface area contributed by atoms with Crippen LogP contribution in [0.2, 0.25) is 0 Å². The Hall–Kier alpha value is -4.43. The van der Waals surface area contributed by atoms with E-state index in [4.69, 9.17) is 16.3 Å². The van der Waals surface area contributed by atoms with Crippen molar-refractivity contribution in [2.24, 2.45) is 0 Å². The molecule has 0 saturated heterocycles. The second-order valence-corrected chi connectivity index (χ2v) is 8.52. The maximum absolute atomic E-state index is 12.9. The lowest BCUT2D eigenvalue weighted by atomic mass is 10.1. The number of nitrogens with one attached hydrogen (secondary N) is 2. The van der Waals surface area contributed by atoms with Gasteiger partial charge in [-0.1, -0.05) is 48.0 Å². The van der Waals surface area contributed by atoms with Crippen molar-refractivity contribution >= 4 is 46.7 Å². The van der Waals surface area contributed by atoms with Crippen LogP contribution in [-0.4, -0.2) is 41.7 Å². The topological polar surface area (TPSA) is 105 Å². The van der Waals surface area contributed by atoms with Gasteiger partial charge in [0.05, 0.1) is 12.2 Å². The van der Waals surface area contributed by atoms with Crippen molar-refractivity contribution in [3.05, 3.63) is 106 Å². The lowest BCUT2D eigenvalue weighted by molar-refractivity contribution is -0.137. The maximum atomic E-state index is 12.9. The van der Waals surface area contributed by atoms with E-state index in [1.807, 2.05) is 30.3 Å². The summed E-state index contributed by atoms with van der Waals surface area (Å²) < 4.78 is 4.95. The van der Waals surface area contributed by atoms with Crippen LogP contribution < -0.4 is 10.6 Å². The van der Waals surface area contributed by atoms with E-state index in [0.29, 0.717) is 28.9 Å². The minimum atomic E-state index is -0.565. The molecule has 0 spiro atoms. The van der Waals surface area contributed by atoms with Crippen LogP contribution in [-0.2, 0) is 20.7 Å². The SMILES string of the molecule is CCOC(=O)c1ccc(NC(=O)c2cccc(NC3=C(Cl)C(=O)N(CCc4ccccc4)C3=O)c2)cc1. The number of halogens is 1. The fourth-order valence-electron chi connectivity index (χ4n) is 3.73. The summed E-state index contributed by atoms with van der Waals surface area (Å²) in [6.45, 7) is 2.19. The first-order valence-corrected chi connectivity index (χ1v) is 12.0. The standard InChI is InChI=1S/C28H24ClN3O5/c1-2-37-28(36)19-11-13-21(14-12-19)31-25(33)20-9-6-10-22(17-20)30-24-23(29)26(34)32(27(24)35)16-15-18-7-4-3-5-8-18/h3-14,17,30H,2,15-16H2,1H3,(H,31,33). The zero-order valence-corrected chi connectivity index (χ0v) is 20.7. The third-order valence-corrected chi connectivity index (χ3v) is 5.98. The minimum absolute atomic E-state index is 0.0353. The predicted molar refractivity (Wildman–Crippen MR) is 140 cm³/mol. The molecule has 4 rings (SSSR count). The highest BCUT2D eigenvalue weighted by atomic mass is 35.5. The molecule has 1 aliphatic rings. The molecule has 0 atom stereocenters. The summed E-state index contributed by atoms with van der Waals surface area (Å²) >= 11 is 6.21. The first kappa shape index (κ1) is 25.7. The smallest absolute Gasteiger partial charge is 0.338 e. The van der Waals surface area contributed by atoms with E-state index in [1.165, 1.54) is 0 Å². The Labute approximate surface area is 218 Å². The minimum Gasteiger partial charge on any atom is -0.462 e. The van der Waals surface area contributed by atoms with Crippen molar-refractivity contribution in [1.82, 2.24) is 4.90 Å². The molecule has 1 aliphatic heterocycles. The molecule has 9 heteroatoms. The third kappa shape index (κ3) is 6.05. The van der Waals surface area contributed by atoms with Crippen molar-refractivity contribution in [3.63, 3.8) is 0 Å². The molecule has 188 valence electrons. The highest BCUT2D eigenvalue weighted by Gasteiger charge is 2.37. The van der Waals surface area contributed by atoms with E-state index in [2.05, 4.69) is 10.6 Å². The Bertz CT molecular complexity index is 1370. The van der Waals surface area contributed by atoms with Crippen LogP contribution in [0.4, 0.5) is 11.4 Å². The highest BCUT2D eigenvalue weighted by Crippen LogP contribution is 2.26. The number of rotatable bonds is 9. The number of hydrogen-bond donors (Lipinski definition) is 2. The highest BCUT2D eigenvalue weighted by molar-refractivity contribution is 6.48. The Balaban J connectivity index is 1.41. The summed E-state index contributed by atoms with van der Waals surface area (Å²) in [5.74, 6) is -1.93. The van der Waals surface area contributed by atoms with Gasteiger partial charge >= 0.3 is 5.97 Å². The lowest BCUT2D eigenvalue weighted by Crippen LogP contribution is -2.34. The van der Waals surface area contributed by atoms with Crippen molar-refractivity contribution in [2.45, 2.75) is 13.3 Å². The number of ether oxygens (including phenoxy) is 1. The van der Waals surface area contributed by atoms with Gasteiger partial charge in [-0.25, -0.2) is 4.79 Å². The van der Waals surface area contributed by atoms with Crippen LogP contribution in [0.15, 0.2) is 89.6 Å². The van der Waals surface area contributed by atoms with E-state index in [1.54, 1.807) is 55.5 Å². The van der Waals surface area contributed by atoms with Gasteiger partial charge < -0.3 is 15.4 Å². The Morgan fingerprint density at radius 2 is 1.59 bits per heavy atom. The second-order valence-electron chi connectivity index (χ2n) is 8.14. The molecule has 0 aromatic heterocycles. The van der Waals surface area contributed by atoms with Gasteiger partial charge in [-0.2, -0.15) is 0 Å². The quantitative estimate of drug-likeness (QED) is 0.318. The van der Waals surface area contributed by atoms with Crippen LogP contribution in [0.3, 0.4) is 0 Å². The van der Waals surface area contributed by atoms with Crippen molar-refractivity contribution in [3.8, 4) is 0 Å². The van der Waals surface area contributed by atoms with Gasteiger partial charge in [0.2, 0.25) is 0 Å². The number of carbonyl (C=O) groups is 4. The third-order valence-electron chi connectivity index (χ3n) is 5.63. The molecule has 0 unspecified atom stereocenters. The average Bonchev–Trinajstić information content (AvgIpc) is 3.11. The number of amides is 3. The number of hydrogen-bond acceptors (Lipinski definition) is 6. The van der Waals surface area contributed by atoms with Crippen LogP contribution in [0, 0.1) is 0 Å². The van der Waals surface area contributed by atoms with Gasteiger partial charge in [-0.15, -0.1) is 0 Å². The number of esters is 1. The number of carbonyl (C=O) groups excluding carboxylic acids is 4. The zero-order valence-electron chi connectivity index (χ0n) is 20.0. The van der Waals surface area contributed by atoms with Crippen LogP contribution in [0.25, 0.3) is 0 Å². The van der Waals surface area contributed by atoms with Gasteiger partial charge in [0.15, 0.2) is 0 Å². The van der Waals surface area contributed by atoms with Crippen molar-refractivity contribution < 1.29 is 23.9 Å². The summed E-state index contributed by atoms with van der Waals surface area (Å²) in [5, 5.41) is 5.45. The van der Waals surface area contributed by atoms with Gasteiger partial charge in [0, 0.05) is 23.5 Å². The molecule has 8 nitrogen and oxygen atoms in total. The largest absolute Gasteiger partial charge is 0.462 e. The molecule has 0 radical (unpaired) electrons. The maximum Gasteiger partial charge on any atom is 0.338 e. The van der Waals surface area contributed by atoms with Crippen molar-refractivity contribution in [1.29, 1.82) is 0 Å². The molecule has 2 N–H and O–H groups in total. The summed E-state index contributed by atoms with van der Waals surface area (Å²) in [7, 11) is 0. The van der Waals surface area contributed by atoms with E-state index >= 15 is 0 Å². The van der Waals surface area contributed by atoms with Gasteiger partial charge in [0.25, 0.3) is 17.7 Å². The van der Waals surface area contributed by atoms with Crippen LogP contribution >= 0.6 is 11.6 Å². The Morgan fingerprint density at radius 3 is 2.30 bits per heavy atom. The predicted octanol–water partition coefficient (Wildman–Crippen LogP) is 4.59. The molecule has 0 saturated carbocycles. The summed E-state index contributed by atoms with van der Waals surface area (Å²) in [5.41, 5.74) is 2.57. The first-order valence-electron chi connectivity index (χ1n) is 11.6. The Kier molecular flexibility index (Phi) is 8.00. The molecular formula is C28H24ClN3O5. The number of imide groups is 1. The fraction of sp³-hybridized carbons (Fsp3) is 0.143. The summed E-state index contributed by atoms with van der Waals surface area (Å²) in [4.78, 5) is 51.2. The number of anilines is 2. The molecule has 1 heterocycles. The summed E-state index contributed by atoms with van der Waals surface area (Å²) in [6.07, 6.45) is 0.506. The number of benzene rings is 3. The van der Waals surface area contributed by atoms with Crippen LogP contribution in [0.1, 0.15) is 33.2 Å². The van der Waals surface area contributed by atoms with Gasteiger partial charge in [0.1, 0.15) is 10.7 Å². The molecule has 3 amide bonds. The van der Waals surface area contributed by atoms with E-state index in [-0.39, 0.29) is 23.9 Å². The van der Waals surface area contributed by atoms with E-state index in [9.17, 15) is 19.2 Å². The van der Waals surface area contributed by atoms with E-state index in [0.717, 1.165) is 10.5 Å². The van der Waals surface area contributed by atoms with Gasteiger partial charge in [-0.05, 0) is 61.4 Å². The van der Waals surface area contributed by atoms with E-state index < -0.39 is 23.7 Å². The molecular weight excluding hydrogens is 494 g/mol. The normalized spacial score (nSPS) is 13.1. The number of nitrogens with zero attached hydrogens (tertiary/aromatic N) is 1. The Morgan fingerprint density at radius 1 is 0.865 bits per heavy atom. The van der Waals surface area contributed by atoms with Crippen molar-refractivity contribution in [2.75, 3.05) is 23.8 Å². The molecule has 0 bridgehead atoms.